The first-order valence-corrected chi connectivity index (χ1v) is 25.7. The fourth-order valence-corrected chi connectivity index (χ4v) is 10.5. The molecule has 4 aromatic heterocycles. The van der Waals surface area contributed by atoms with Gasteiger partial charge in [0.1, 0.15) is 33.9 Å². The van der Waals surface area contributed by atoms with Gasteiger partial charge < -0.3 is 44.1 Å². The van der Waals surface area contributed by atoms with E-state index in [-0.39, 0.29) is 41.8 Å². The topological polar surface area (TPSA) is 218 Å². The van der Waals surface area contributed by atoms with Gasteiger partial charge in [-0.05, 0) is 97.4 Å². The summed E-state index contributed by atoms with van der Waals surface area (Å²) in [6.45, 7) is 15.0. The summed E-state index contributed by atoms with van der Waals surface area (Å²) >= 11 is 13.0. The monoisotopic (exact) mass is 1070 g/mol. The van der Waals surface area contributed by atoms with Crippen LogP contribution in [0.5, 0.6) is 0 Å². The molecule has 1 unspecified atom stereocenters. The summed E-state index contributed by atoms with van der Waals surface area (Å²) < 4.78 is 19.3. The van der Waals surface area contributed by atoms with Crippen LogP contribution in [0.4, 0.5) is 21.2 Å². The first kappa shape index (κ1) is 56.0. The first-order valence-electron chi connectivity index (χ1n) is 25.0. The van der Waals surface area contributed by atoms with E-state index in [1.807, 2.05) is 66.6 Å². The molecule has 0 radical (unpaired) electrons. The fourth-order valence-electron chi connectivity index (χ4n) is 10.1. The van der Waals surface area contributed by atoms with Crippen molar-refractivity contribution in [2.45, 2.75) is 117 Å². The number of rotatable bonds is 10. The van der Waals surface area contributed by atoms with Crippen molar-refractivity contribution in [2.24, 2.45) is 28.2 Å². The molecular weight excluding hydrogens is 1010 g/mol. The molecule has 0 spiro atoms. The van der Waals surface area contributed by atoms with Crippen LogP contribution in [0.2, 0.25) is 10.0 Å². The zero-order valence-electron chi connectivity index (χ0n) is 44.5. The quantitative estimate of drug-likeness (QED) is 0.128. The molecule has 2 aromatic carbocycles. The van der Waals surface area contributed by atoms with Gasteiger partial charge in [-0.15, -0.1) is 0 Å². The molecule has 0 bridgehead atoms. The Morgan fingerprint density at radius 3 is 1.47 bits per heavy atom. The molecule has 20 nitrogen and oxygen atoms in total. The maximum atomic E-state index is 13.5. The van der Waals surface area contributed by atoms with Crippen molar-refractivity contribution < 1.29 is 29.0 Å². The molecule has 0 aliphatic carbocycles. The third kappa shape index (κ3) is 11.9. The standard InChI is InChI=1S/C27H36ClN5O5.C26H32ClN5O5/c1-16(34)20-21-22(24(35)31(6)26(37)30(21)5)33(14-17-10-7-8-12-19(17)28)23(20)32-13-9-11-18(15-32)29-25(36)38-27(2,3)4;1-26(2,3)37-24(35)28-17-10-8-12-31(14-17)22-18(15-33)20-21(23(34)30(5)25(36)29(20)4)32(22)13-16-9-6-7-11-19(16)27/h7-8,10,12,16,18,34H,9,11,13-15H2,1-6H3,(H,29,36);6-7,9,11,15,17H,8,10,12-14H2,1-5H3,(H,28,35)/t16?,18-;17-/m11/s1. The summed E-state index contributed by atoms with van der Waals surface area (Å²) in [7, 11) is 6.01. The normalized spacial score (nSPS) is 16.6. The van der Waals surface area contributed by atoms with E-state index in [1.54, 1.807) is 58.5 Å². The number of aryl methyl sites for hydroxylation is 2. The van der Waals surface area contributed by atoms with Gasteiger partial charge in [0, 0.05) is 82.1 Å². The minimum absolute atomic E-state index is 0.209. The third-order valence-corrected chi connectivity index (χ3v) is 14.1. The molecule has 3 atom stereocenters. The Kier molecular flexibility index (Phi) is 16.6. The van der Waals surface area contributed by atoms with E-state index < -0.39 is 52.0 Å². The lowest BCUT2D eigenvalue weighted by molar-refractivity contribution is 0.0488. The van der Waals surface area contributed by atoms with Crippen LogP contribution in [-0.4, -0.2) is 100 Å². The SMILES string of the molecule is CC(O)c1c(N2CCC[C@@H](NC(=O)OC(C)(C)C)C2)n(Cc2ccccc2Cl)c2c(=O)n(C)c(=O)n(C)c12.Cn1c(=O)c2c(c(C=O)c(N3CCC[C@@H](NC(=O)OC(C)(C)C)C3)n2Cc2ccccc2Cl)n(C)c1=O. The second-order valence-corrected chi connectivity index (χ2v) is 22.1. The van der Waals surface area contributed by atoms with Crippen LogP contribution in [0.25, 0.3) is 22.1 Å². The van der Waals surface area contributed by atoms with Crippen molar-refractivity contribution in [3.05, 3.63) is 123 Å². The molecule has 22 heteroatoms. The minimum Gasteiger partial charge on any atom is -0.444 e. The number of carbonyl (C=O) groups excluding carboxylic acids is 3. The van der Waals surface area contributed by atoms with E-state index in [9.17, 15) is 38.7 Å². The number of anilines is 2. The number of aliphatic hydroxyl groups is 1. The zero-order valence-corrected chi connectivity index (χ0v) is 46.0. The molecule has 2 saturated heterocycles. The highest BCUT2D eigenvalue weighted by atomic mass is 35.5. The molecule has 8 rings (SSSR count). The predicted molar refractivity (Wildman–Crippen MR) is 291 cm³/mol. The van der Waals surface area contributed by atoms with E-state index in [0.29, 0.717) is 70.7 Å². The van der Waals surface area contributed by atoms with E-state index in [1.165, 1.54) is 23.2 Å². The van der Waals surface area contributed by atoms with Gasteiger partial charge in [-0.25, -0.2) is 19.2 Å². The van der Waals surface area contributed by atoms with Crippen molar-refractivity contribution in [3.63, 3.8) is 0 Å². The molecule has 6 aromatic rings. The number of alkyl carbamates (subject to hydrolysis) is 2. The number of aldehydes is 1. The lowest BCUT2D eigenvalue weighted by atomic mass is 10.0. The van der Waals surface area contributed by atoms with Crippen LogP contribution in [0.3, 0.4) is 0 Å². The smallest absolute Gasteiger partial charge is 0.407 e. The van der Waals surface area contributed by atoms with E-state index >= 15 is 0 Å². The molecule has 75 heavy (non-hydrogen) atoms. The van der Waals surface area contributed by atoms with Crippen LogP contribution in [0.1, 0.15) is 107 Å². The summed E-state index contributed by atoms with van der Waals surface area (Å²) in [4.78, 5) is 94.1. The second-order valence-electron chi connectivity index (χ2n) is 21.3. The summed E-state index contributed by atoms with van der Waals surface area (Å²) in [5, 5.41) is 18.0. The summed E-state index contributed by atoms with van der Waals surface area (Å²) in [5.41, 5.74) is 0.287. The first-order chi connectivity index (χ1) is 35.2. The summed E-state index contributed by atoms with van der Waals surface area (Å²) in [5.74, 6) is 1.14. The molecule has 404 valence electrons. The van der Waals surface area contributed by atoms with Gasteiger partial charge in [0.25, 0.3) is 11.1 Å². The number of hydrogen-bond acceptors (Lipinski definition) is 12. The number of aromatic nitrogens is 6. The number of fused-ring (bicyclic) bond motifs is 2. The number of amides is 2. The number of nitrogens with one attached hydrogen (secondary N) is 2. The molecule has 2 aliphatic heterocycles. The van der Waals surface area contributed by atoms with Crippen LogP contribution >= 0.6 is 23.2 Å². The molecule has 6 heterocycles. The molecule has 2 amide bonds. The zero-order chi connectivity index (χ0) is 55.0. The fraction of sp³-hybridized carbons (Fsp3) is 0.491. The van der Waals surface area contributed by atoms with Crippen molar-refractivity contribution in [2.75, 3.05) is 36.0 Å². The number of nitrogens with zero attached hydrogens (tertiary/aromatic N) is 8. The Balaban J connectivity index is 0.000000219. The van der Waals surface area contributed by atoms with Gasteiger partial charge in [0.05, 0.1) is 35.8 Å². The average Bonchev–Trinajstić information content (AvgIpc) is 3.85. The maximum Gasteiger partial charge on any atom is 0.407 e. The molecule has 2 fully saturated rings. The van der Waals surface area contributed by atoms with Gasteiger partial charge in [0.2, 0.25) is 0 Å². The van der Waals surface area contributed by atoms with Crippen LogP contribution in [0.15, 0.2) is 67.7 Å². The van der Waals surface area contributed by atoms with Crippen LogP contribution in [0, 0.1) is 0 Å². The van der Waals surface area contributed by atoms with Crippen molar-refractivity contribution in [3.8, 4) is 0 Å². The van der Waals surface area contributed by atoms with Gasteiger partial charge in [-0.2, -0.15) is 0 Å². The summed E-state index contributed by atoms with van der Waals surface area (Å²) in [6.07, 6.45) is 1.70. The Hall–Kier alpha value is -6.77. The maximum absolute atomic E-state index is 13.5. The minimum atomic E-state index is -0.975. The van der Waals surface area contributed by atoms with Crippen molar-refractivity contribution in [1.29, 1.82) is 0 Å². The van der Waals surface area contributed by atoms with Gasteiger partial charge >= 0.3 is 23.6 Å². The Bertz CT molecular complexity index is 3410. The Labute approximate surface area is 443 Å². The average molecular weight is 1080 g/mol. The molecule has 0 saturated carbocycles. The van der Waals surface area contributed by atoms with Crippen molar-refractivity contribution >= 4 is 75.4 Å². The van der Waals surface area contributed by atoms with Gasteiger partial charge in [-0.1, -0.05) is 59.6 Å². The van der Waals surface area contributed by atoms with Gasteiger partial charge in [0.15, 0.2) is 6.29 Å². The Morgan fingerprint density at radius 1 is 0.653 bits per heavy atom. The van der Waals surface area contributed by atoms with Gasteiger partial charge in [-0.3, -0.25) is 32.7 Å². The third-order valence-electron chi connectivity index (χ3n) is 13.3. The highest BCUT2D eigenvalue weighted by molar-refractivity contribution is 6.31. The Morgan fingerprint density at radius 2 is 1.05 bits per heavy atom. The number of benzene rings is 2. The number of halogens is 2. The highest BCUT2D eigenvalue weighted by Gasteiger charge is 2.35. The number of hydrogen-bond donors (Lipinski definition) is 3. The van der Waals surface area contributed by atoms with Crippen molar-refractivity contribution in [1.82, 2.24) is 38.0 Å². The van der Waals surface area contributed by atoms with Crippen LogP contribution in [-0.2, 0) is 50.8 Å². The molecule has 3 N–H and O–H groups in total. The van der Waals surface area contributed by atoms with E-state index in [0.717, 1.165) is 45.9 Å². The number of ether oxygens (including phenoxy) is 2. The lowest BCUT2D eigenvalue weighted by Crippen LogP contribution is -2.49. The molecular formula is C53H68Cl2N10O10. The molecule has 2 aliphatic rings. The largest absolute Gasteiger partial charge is 0.444 e. The number of piperidine rings is 2. The number of carbonyl (C=O) groups is 3. The van der Waals surface area contributed by atoms with Crippen LogP contribution < -0.4 is 42.9 Å². The predicted octanol–water partition coefficient (Wildman–Crippen LogP) is 6.33. The highest BCUT2D eigenvalue weighted by Crippen LogP contribution is 2.38. The summed E-state index contributed by atoms with van der Waals surface area (Å²) in [6, 6.07) is 14.2. The number of aliphatic hydroxyl groups excluding tert-OH is 1. The van der Waals surface area contributed by atoms with E-state index in [4.69, 9.17) is 32.7 Å². The second kappa shape index (κ2) is 22.2. The lowest BCUT2D eigenvalue weighted by Gasteiger charge is -2.36. The van der Waals surface area contributed by atoms with E-state index in [2.05, 4.69) is 15.5 Å².